The number of amides is 1. The van der Waals surface area contributed by atoms with Crippen LogP contribution in [0.1, 0.15) is 18.9 Å². The number of carbonyl (C=O) groups is 1. The lowest BCUT2D eigenvalue weighted by atomic mass is 10.3. The van der Waals surface area contributed by atoms with Crippen molar-refractivity contribution in [3.63, 3.8) is 0 Å². The lowest BCUT2D eigenvalue weighted by Gasteiger charge is -2.18. The highest BCUT2D eigenvalue weighted by Crippen LogP contribution is 2.32. The van der Waals surface area contributed by atoms with E-state index in [1.54, 1.807) is 7.11 Å². The van der Waals surface area contributed by atoms with Crippen LogP contribution in [0.15, 0.2) is 88.5 Å². The van der Waals surface area contributed by atoms with Gasteiger partial charge in [0.25, 0.3) is 0 Å². The summed E-state index contributed by atoms with van der Waals surface area (Å²) in [4.78, 5) is 12.6. The third kappa shape index (κ3) is 5.60. The van der Waals surface area contributed by atoms with E-state index in [4.69, 9.17) is 9.47 Å². The van der Waals surface area contributed by atoms with Crippen molar-refractivity contribution in [1.29, 1.82) is 0 Å². The number of hydrogen-bond acceptors (Lipinski definition) is 6. The summed E-state index contributed by atoms with van der Waals surface area (Å²) in [6.07, 6.45) is -0.424. The molecule has 0 bridgehead atoms. The Morgan fingerprint density at radius 3 is 2.41 bits per heavy atom. The first kappa shape index (κ1) is 23.8. The SMILES string of the molecule is COc1ccccc1OC(C)c1nnc(SCC(=O)Nc2ccccc2Br)n1-c1ccccc1. The van der Waals surface area contributed by atoms with Crippen molar-refractivity contribution in [2.75, 3.05) is 18.2 Å². The molecule has 174 valence electrons. The molecule has 9 heteroatoms. The predicted octanol–water partition coefficient (Wildman–Crippen LogP) is 5.91. The van der Waals surface area contributed by atoms with Gasteiger partial charge in [0.15, 0.2) is 28.6 Å². The van der Waals surface area contributed by atoms with Gasteiger partial charge in [0.05, 0.1) is 18.6 Å². The summed E-state index contributed by atoms with van der Waals surface area (Å²) in [7, 11) is 1.60. The number of benzene rings is 3. The van der Waals surface area contributed by atoms with Crippen molar-refractivity contribution in [3.8, 4) is 17.2 Å². The fourth-order valence-electron chi connectivity index (χ4n) is 3.30. The standard InChI is InChI=1S/C25H23BrN4O3S/c1-17(33-22-15-9-8-14-21(22)32-2)24-28-29-25(30(24)18-10-4-3-5-11-18)34-16-23(31)27-20-13-7-6-12-19(20)26/h3-15,17H,16H2,1-2H3,(H,27,31). The molecule has 4 aromatic rings. The van der Waals surface area contributed by atoms with E-state index in [9.17, 15) is 4.79 Å². The van der Waals surface area contributed by atoms with Crippen molar-refractivity contribution in [2.24, 2.45) is 0 Å². The van der Waals surface area contributed by atoms with E-state index in [2.05, 4.69) is 31.4 Å². The van der Waals surface area contributed by atoms with Crippen LogP contribution in [0.2, 0.25) is 0 Å². The molecule has 0 saturated carbocycles. The molecule has 1 atom stereocenters. The number of thioether (sulfide) groups is 1. The van der Waals surface area contributed by atoms with Crippen LogP contribution < -0.4 is 14.8 Å². The van der Waals surface area contributed by atoms with Crippen molar-refractivity contribution >= 4 is 39.3 Å². The van der Waals surface area contributed by atoms with Crippen molar-refractivity contribution in [3.05, 3.63) is 89.2 Å². The van der Waals surface area contributed by atoms with Gasteiger partial charge in [-0.05, 0) is 59.3 Å². The maximum absolute atomic E-state index is 12.6. The maximum Gasteiger partial charge on any atom is 0.234 e. The van der Waals surface area contributed by atoms with E-state index in [-0.39, 0.29) is 11.7 Å². The molecular weight excluding hydrogens is 516 g/mol. The lowest BCUT2D eigenvalue weighted by Crippen LogP contribution is -2.15. The van der Waals surface area contributed by atoms with Gasteiger partial charge in [0.2, 0.25) is 5.91 Å². The van der Waals surface area contributed by atoms with E-state index < -0.39 is 6.10 Å². The summed E-state index contributed by atoms with van der Waals surface area (Å²) < 4.78 is 14.3. The van der Waals surface area contributed by atoms with Crippen LogP contribution >= 0.6 is 27.7 Å². The third-order valence-electron chi connectivity index (χ3n) is 4.89. The average molecular weight is 539 g/mol. The fraction of sp³-hybridized carbons (Fsp3) is 0.160. The van der Waals surface area contributed by atoms with E-state index in [0.29, 0.717) is 22.5 Å². The summed E-state index contributed by atoms with van der Waals surface area (Å²) >= 11 is 4.76. The molecule has 1 heterocycles. The first-order chi connectivity index (χ1) is 16.6. The lowest BCUT2D eigenvalue weighted by molar-refractivity contribution is -0.113. The zero-order valence-corrected chi connectivity index (χ0v) is 21.0. The Bertz CT molecular complexity index is 1270. The predicted molar refractivity (Wildman–Crippen MR) is 137 cm³/mol. The summed E-state index contributed by atoms with van der Waals surface area (Å²) in [5.74, 6) is 1.90. The molecule has 0 aliphatic carbocycles. The highest BCUT2D eigenvalue weighted by molar-refractivity contribution is 9.10. The number of rotatable bonds is 9. The normalized spacial score (nSPS) is 11.6. The Labute approximate surface area is 210 Å². The van der Waals surface area contributed by atoms with E-state index in [1.807, 2.05) is 90.4 Å². The number of para-hydroxylation sites is 4. The van der Waals surface area contributed by atoms with Gasteiger partial charge in [-0.3, -0.25) is 9.36 Å². The molecule has 0 aliphatic rings. The van der Waals surface area contributed by atoms with E-state index in [0.717, 1.165) is 15.8 Å². The molecule has 4 rings (SSSR count). The molecule has 1 unspecified atom stereocenters. The van der Waals surface area contributed by atoms with E-state index in [1.165, 1.54) is 11.8 Å². The molecule has 7 nitrogen and oxygen atoms in total. The highest BCUT2D eigenvalue weighted by Gasteiger charge is 2.22. The summed E-state index contributed by atoms with van der Waals surface area (Å²) in [6.45, 7) is 1.91. The Balaban J connectivity index is 1.56. The van der Waals surface area contributed by atoms with Gasteiger partial charge in [0.1, 0.15) is 0 Å². The largest absolute Gasteiger partial charge is 0.493 e. The first-order valence-electron chi connectivity index (χ1n) is 10.5. The number of nitrogens with zero attached hydrogens (tertiary/aromatic N) is 3. The monoisotopic (exact) mass is 538 g/mol. The number of aromatic nitrogens is 3. The molecule has 34 heavy (non-hydrogen) atoms. The van der Waals surface area contributed by atoms with Crippen molar-refractivity contribution in [2.45, 2.75) is 18.2 Å². The van der Waals surface area contributed by atoms with E-state index >= 15 is 0 Å². The zero-order chi connectivity index (χ0) is 23.9. The van der Waals surface area contributed by atoms with Crippen LogP contribution in [-0.4, -0.2) is 33.5 Å². The molecule has 0 saturated heterocycles. The molecular formula is C25H23BrN4O3S. The van der Waals surface area contributed by atoms with Gasteiger partial charge < -0.3 is 14.8 Å². The zero-order valence-electron chi connectivity index (χ0n) is 18.6. The number of carbonyl (C=O) groups excluding carboxylic acids is 1. The Hall–Kier alpha value is -3.30. The summed E-state index contributed by atoms with van der Waals surface area (Å²) in [5, 5.41) is 12.3. The molecule has 0 spiro atoms. The quantitative estimate of drug-likeness (QED) is 0.267. The fourth-order valence-corrected chi connectivity index (χ4v) is 4.44. The Morgan fingerprint density at radius 1 is 1.00 bits per heavy atom. The topological polar surface area (TPSA) is 78.3 Å². The molecule has 3 aromatic carbocycles. The van der Waals surface area contributed by atoms with Crippen LogP contribution in [0.5, 0.6) is 11.5 Å². The van der Waals surface area contributed by atoms with Gasteiger partial charge in [-0.15, -0.1) is 10.2 Å². The minimum absolute atomic E-state index is 0.139. The second kappa shape index (κ2) is 11.2. The smallest absolute Gasteiger partial charge is 0.234 e. The van der Waals surface area contributed by atoms with Gasteiger partial charge in [-0.1, -0.05) is 54.2 Å². The Morgan fingerprint density at radius 2 is 1.68 bits per heavy atom. The average Bonchev–Trinajstić information content (AvgIpc) is 3.29. The second-order valence-corrected chi connectivity index (χ2v) is 9.04. The molecule has 1 N–H and O–H groups in total. The molecule has 1 aromatic heterocycles. The van der Waals surface area contributed by atoms with Crippen LogP contribution in [-0.2, 0) is 4.79 Å². The maximum atomic E-state index is 12.6. The summed E-state index contributed by atoms with van der Waals surface area (Å²) in [5.41, 5.74) is 1.60. The van der Waals surface area contributed by atoms with Gasteiger partial charge >= 0.3 is 0 Å². The number of ether oxygens (including phenoxy) is 2. The second-order valence-electron chi connectivity index (χ2n) is 7.24. The van der Waals surface area contributed by atoms with Crippen molar-refractivity contribution in [1.82, 2.24) is 14.8 Å². The molecule has 0 aliphatic heterocycles. The molecule has 1 amide bonds. The minimum Gasteiger partial charge on any atom is -0.493 e. The van der Waals surface area contributed by atoms with Crippen LogP contribution in [0.3, 0.4) is 0 Å². The summed E-state index contributed by atoms with van der Waals surface area (Å²) in [6, 6.07) is 24.7. The third-order valence-corrected chi connectivity index (χ3v) is 6.51. The number of methoxy groups -OCH3 is 1. The molecule has 0 fully saturated rings. The molecule has 0 radical (unpaired) electrons. The van der Waals surface area contributed by atoms with Gasteiger partial charge in [-0.2, -0.15) is 0 Å². The van der Waals surface area contributed by atoms with Crippen molar-refractivity contribution < 1.29 is 14.3 Å². The number of hydrogen-bond donors (Lipinski definition) is 1. The minimum atomic E-state index is -0.424. The van der Waals surface area contributed by atoms with Crippen LogP contribution in [0.25, 0.3) is 5.69 Å². The Kier molecular flexibility index (Phi) is 7.87. The number of halogens is 1. The number of nitrogens with one attached hydrogen (secondary N) is 1. The van der Waals surface area contributed by atoms with Crippen LogP contribution in [0, 0.1) is 0 Å². The van der Waals surface area contributed by atoms with Gasteiger partial charge in [-0.25, -0.2) is 0 Å². The van der Waals surface area contributed by atoms with Crippen LogP contribution in [0.4, 0.5) is 5.69 Å². The first-order valence-corrected chi connectivity index (χ1v) is 12.3. The highest BCUT2D eigenvalue weighted by atomic mass is 79.9. The van der Waals surface area contributed by atoms with Gasteiger partial charge in [0, 0.05) is 10.2 Å². The number of anilines is 1.